The van der Waals surface area contributed by atoms with Crippen LogP contribution in [0.15, 0.2) is 47.4 Å². The number of hydrogen-bond acceptors (Lipinski definition) is 2. The number of carbonyl (C=O) groups is 1. The lowest BCUT2D eigenvalue weighted by Crippen LogP contribution is -2.38. The summed E-state index contributed by atoms with van der Waals surface area (Å²) in [5, 5.41) is 2.95. The van der Waals surface area contributed by atoms with Gasteiger partial charge in [0.15, 0.2) is 0 Å². The van der Waals surface area contributed by atoms with Gasteiger partial charge in [0.05, 0.1) is 6.54 Å². The van der Waals surface area contributed by atoms with Crippen molar-refractivity contribution < 1.29 is 4.79 Å². The third-order valence-electron chi connectivity index (χ3n) is 4.39. The summed E-state index contributed by atoms with van der Waals surface area (Å²) in [5.74, 6) is 0.296. The first kappa shape index (κ1) is 15.5. The van der Waals surface area contributed by atoms with Crippen LogP contribution in [0.5, 0.6) is 0 Å². The van der Waals surface area contributed by atoms with Crippen LogP contribution in [0.3, 0.4) is 0 Å². The zero-order valence-corrected chi connectivity index (χ0v) is 13.6. The van der Waals surface area contributed by atoms with E-state index in [1.54, 1.807) is 22.9 Å². The summed E-state index contributed by atoms with van der Waals surface area (Å²) in [6.45, 7) is 4.50. The number of pyridine rings is 1. The van der Waals surface area contributed by atoms with Crippen LogP contribution in [-0.4, -0.2) is 16.5 Å². The normalized spacial score (nSPS) is 15.2. The Hall–Kier alpha value is -2.36. The van der Waals surface area contributed by atoms with Gasteiger partial charge in [0.25, 0.3) is 11.5 Å². The molecule has 1 saturated carbocycles. The third kappa shape index (κ3) is 3.70. The average Bonchev–Trinajstić information content (AvgIpc) is 3.34. The number of amides is 1. The predicted molar refractivity (Wildman–Crippen MR) is 90.6 cm³/mol. The maximum atomic E-state index is 12.6. The van der Waals surface area contributed by atoms with E-state index in [4.69, 9.17) is 0 Å². The maximum absolute atomic E-state index is 12.6. The highest BCUT2D eigenvalue weighted by atomic mass is 16.2. The first-order valence-electron chi connectivity index (χ1n) is 8.10. The second kappa shape index (κ2) is 6.41. The fraction of sp³-hybridized carbons (Fsp3) is 0.368. The standard InChI is InChI=1S/C19H22N2O2/c1-13-5-3-6-15(11-13)12-21-10-4-7-17(19(21)23)18(22)20-14(2)16-8-9-16/h3-7,10-11,14,16H,8-9,12H2,1-2H3,(H,20,22)/t14-/m1/s1. The van der Waals surface area contributed by atoms with E-state index in [9.17, 15) is 9.59 Å². The Morgan fingerprint density at radius 3 is 2.78 bits per heavy atom. The predicted octanol–water partition coefficient (Wildman–Crippen LogP) is 2.73. The van der Waals surface area contributed by atoms with Gasteiger partial charge in [-0.15, -0.1) is 0 Å². The minimum absolute atomic E-state index is 0.132. The van der Waals surface area contributed by atoms with Crippen LogP contribution in [0.4, 0.5) is 0 Å². The minimum atomic E-state index is -0.270. The molecule has 2 aromatic rings. The van der Waals surface area contributed by atoms with Crippen molar-refractivity contribution >= 4 is 5.91 Å². The molecule has 1 aliphatic carbocycles. The molecule has 0 unspecified atom stereocenters. The molecule has 0 saturated heterocycles. The number of aromatic nitrogens is 1. The molecule has 120 valence electrons. The topological polar surface area (TPSA) is 51.1 Å². The summed E-state index contributed by atoms with van der Waals surface area (Å²) in [6.07, 6.45) is 4.05. The van der Waals surface area contributed by atoms with Crippen molar-refractivity contribution in [2.45, 2.75) is 39.3 Å². The Kier molecular flexibility index (Phi) is 4.33. The van der Waals surface area contributed by atoms with E-state index in [0.717, 1.165) is 24.0 Å². The molecule has 1 heterocycles. The molecule has 1 atom stereocenters. The SMILES string of the molecule is Cc1cccc(Cn2cccc(C(=O)N[C@H](C)C3CC3)c2=O)c1. The van der Waals surface area contributed by atoms with Gasteiger partial charge >= 0.3 is 0 Å². The number of benzene rings is 1. The molecule has 0 spiro atoms. The molecule has 3 rings (SSSR count). The van der Waals surface area contributed by atoms with Crippen molar-refractivity contribution in [2.24, 2.45) is 5.92 Å². The Morgan fingerprint density at radius 1 is 1.30 bits per heavy atom. The van der Waals surface area contributed by atoms with Gasteiger partial charge in [-0.25, -0.2) is 0 Å². The molecule has 23 heavy (non-hydrogen) atoms. The summed E-state index contributed by atoms with van der Waals surface area (Å²) in [6, 6.07) is 11.5. The van der Waals surface area contributed by atoms with Crippen molar-refractivity contribution in [1.82, 2.24) is 9.88 Å². The van der Waals surface area contributed by atoms with Gasteiger partial charge < -0.3 is 9.88 Å². The molecule has 1 aliphatic rings. The van der Waals surface area contributed by atoms with Crippen molar-refractivity contribution in [3.63, 3.8) is 0 Å². The number of rotatable bonds is 5. The number of hydrogen-bond donors (Lipinski definition) is 1. The fourth-order valence-electron chi connectivity index (χ4n) is 2.84. The lowest BCUT2D eigenvalue weighted by molar-refractivity contribution is 0.0933. The zero-order valence-electron chi connectivity index (χ0n) is 13.6. The maximum Gasteiger partial charge on any atom is 0.263 e. The van der Waals surface area contributed by atoms with Crippen molar-refractivity contribution in [2.75, 3.05) is 0 Å². The Bertz CT molecular complexity index is 775. The number of nitrogens with one attached hydrogen (secondary N) is 1. The lowest BCUT2D eigenvalue weighted by Gasteiger charge is -2.13. The van der Waals surface area contributed by atoms with E-state index >= 15 is 0 Å². The van der Waals surface area contributed by atoms with E-state index in [1.807, 2.05) is 38.1 Å². The minimum Gasteiger partial charge on any atom is -0.349 e. The molecule has 0 radical (unpaired) electrons. The second-order valence-electron chi connectivity index (χ2n) is 6.44. The number of nitrogens with zero attached hydrogens (tertiary/aromatic N) is 1. The van der Waals surface area contributed by atoms with Crippen molar-refractivity contribution in [1.29, 1.82) is 0 Å². The second-order valence-corrected chi connectivity index (χ2v) is 6.44. The van der Waals surface area contributed by atoms with E-state index < -0.39 is 0 Å². The summed E-state index contributed by atoms with van der Waals surface area (Å²) >= 11 is 0. The smallest absolute Gasteiger partial charge is 0.263 e. The molecule has 4 nitrogen and oxygen atoms in total. The molecular formula is C19H22N2O2. The fourth-order valence-corrected chi connectivity index (χ4v) is 2.84. The van der Waals surface area contributed by atoms with Crippen LogP contribution in [0, 0.1) is 12.8 Å². The quantitative estimate of drug-likeness (QED) is 0.923. The van der Waals surface area contributed by atoms with E-state index in [2.05, 4.69) is 5.32 Å². The van der Waals surface area contributed by atoms with Crippen LogP contribution >= 0.6 is 0 Å². The number of aryl methyl sites for hydroxylation is 1. The summed E-state index contributed by atoms with van der Waals surface area (Å²) < 4.78 is 1.59. The Morgan fingerprint density at radius 2 is 2.09 bits per heavy atom. The molecule has 4 heteroatoms. The van der Waals surface area contributed by atoms with Crippen molar-refractivity contribution in [3.05, 3.63) is 69.6 Å². The first-order valence-corrected chi connectivity index (χ1v) is 8.10. The van der Waals surface area contributed by atoms with Gasteiger partial charge in [0.2, 0.25) is 0 Å². The van der Waals surface area contributed by atoms with E-state index in [-0.39, 0.29) is 23.1 Å². The Labute approximate surface area is 136 Å². The zero-order chi connectivity index (χ0) is 16.4. The van der Waals surface area contributed by atoms with Crippen LogP contribution in [0.2, 0.25) is 0 Å². The van der Waals surface area contributed by atoms with Crippen LogP contribution in [0.1, 0.15) is 41.3 Å². The monoisotopic (exact) mass is 310 g/mol. The Balaban J connectivity index is 1.80. The van der Waals surface area contributed by atoms with Gasteiger partial charge in [0.1, 0.15) is 5.56 Å². The average molecular weight is 310 g/mol. The molecule has 1 fully saturated rings. The molecule has 1 amide bonds. The molecule has 1 aromatic carbocycles. The van der Waals surface area contributed by atoms with Gasteiger partial charge in [0, 0.05) is 12.2 Å². The van der Waals surface area contributed by atoms with Crippen LogP contribution in [0.25, 0.3) is 0 Å². The molecular weight excluding hydrogens is 288 g/mol. The lowest BCUT2D eigenvalue weighted by atomic mass is 10.1. The van der Waals surface area contributed by atoms with E-state index in [0.29, 0.717) is 12.5 Å². The third-order valence-corrected chi connectivity index (χ3v) is 4.39. The largest absolute Gasteiger partial charge is 0.349 e. The van der Waals surface area contributed by atoms with Crippen LogP contribution < -0.4 is 10.9 Å². The highest BCUT2D eigenvalue weighted by molar-refractivity contribution is 5.94. The molecule has 0 bridgehead atoms. The molecule has 0 aliphatic heterocycles. The highest BCUT2D eigenvalue weighted by Crippen LogP contribution is 2.32. The van der Waals surface area contributed by atoms with Gasteiger partial charge in [-0.1, -0.05) is 29.8 Å². The first-order chi connectivity index (χ1) is 11.0. The van der Waals surface area contributed by atoms with Crippen molar-refractivity contribution in [3.8, 4) is 0 Å². The summed E-state index contributed by atoms with van der Waals surface area (Å²) in [7, 11) is 0. The van der Waals surface area contributed by atoms with E-state index in [1.165, 1.54) is 0 Å². The summed E-state index contributed by atoms with van der Waals surface area (Å²) in [5.41, 5.74) is 2.18. The number of carbonyl (C=O) groups excluding carboxylic acids is 1. The van der Waals surface area contributed by atoms with Gasteiger partial charge in [-0.3, -0.25) is 9.59 Å². The highest BCUT2D eigenvalue weighted by Gasteiger charge is 2.29. The molecule has 1 aromatic heterocycles. The van der Waals surface area contributed by atoms with Crippen LogP contribution in [-0.2, 0) is 6.54 Å². The van der Waals surface area contributed by atoms with Gasteiger partial charge in [-0.2, -0.15) is 0 Å². The van der Waals surface area contributed by atoms with Gasteiger partial charge in [-0.05, 0) is 50.3 Å². The molecule has 1 N–H and O–H groups in total. The summed E-state index contributed by atoms with van der Waals surface area (Å²) in [4.78, 5) is 24.9.